The van der Waals surface area contributed by atoms with E-state index < -0.39 is 0 Å². The number of nitrogens with one attached hydrogen (secondary N) is 2. The van der Waals surface area contributed by atoms with Gasteiger partial charge in [0.15, 0.2) is 0 Å². The number of hydrogen-bond acceptors (Lipinski definition) is 7. The van der Waals surface area contributed by atoms with Crippen molar-refractivity contribution >= 4 is 58.2 Å². The fraction of sp³-hybridized carbons (Fsp3) is 0.375. The Morgan fingerprint density at radius 1 is 1.19 bits per heavy atom. The van der Waals surface area contributed by atoms with Crippen LogP contribution in [0.1, 0.15) is 32.1 Å². The van der Waals surface area contributed by atoms with E-state index in [1.807, 2.05) is 0 Å². The van der Waals surface area contributed by atoms with E-state index in [1.54, 1.807) is 18.2 Å². The van der Waals surface area contributed by atoms with Gasteiger partial charge in [-0.25, -0.2) is 10.1 Å². The van der Waals surface area contributed by atoms with Crippen LogP contribution in [0.25, 0.3) is 0 Å². The molecule has 1 aliphatic carbocycles. The number of thioether (sulfide) groups is 1. The summed E-state index contributed by atoms with van der Waals surface area (Å²) >= 11 is 13.0. The van der Waals surface area contributed by atoms with Crippen LogP contribution < -0.4 is 16.6 Å². The zero-order chi connectivity index (χ0) is 19.2. The molecule has 0 unspecified atom stereocenters. The molecule has 0 atom stereocenters. The van der Waals surface area contributed by atoms with Crippen molar-refractivity contribution in [1.82, 2.24) is 14.9 Å². The average molecular weight is 428 g/mol. The second-order valence-electron chi connectivity index (χ2n) is 6.02. The van der Waals surface area contributed by atoms with Crippen LogP contribution in [-0.2, 0) is 4.79 Å². The topological polar surface area (TPSA) is 110 Å². The predicted molar refractivity (Wildman–Crippen MR) is 110 cm³/mol. The Kier molecular flexibility index (Phi) is 6.81. The highest BCUT2D eigenvalue weighted by Crippen LogP contribution is 2.23. The molecule has 0 aliphatic heterocycles. The molecule has 1 aromatic heterocycles. The summed E-state index contributed by atoms with van der Waals surface area (Å²) in [4.78, 5) is 12.1. The highest BCUT2D eigenvalue weighted by Gasteiger charge is 2.13. The molecule has 1 amide bonds. The highest BCUT2D eigenvalue weighted by molar-refractivity contribution is 7.99. The molecule has 144 valence electrons. The first-order valence-corrected chi connectivity index (χ1v) is 10.2. The Labute approximate surface area is 170 Å². The molecule has 1 aliphatic rings. The zero-order valence-electron chi connectivity index (χ0n) is 14.4. The third kappa shape index (κ3) is 5.75. The lowest BCUT2D eigenvalue weighted by molar-refractivity contribution is -0.113. The summed E-state index contributed by atoms with van der Waals surface area (Å²) in [6.45, 7) is 0. The minimum Gasteiger partial charge on any atom is -0.334 e. The largest absolute Gasteiger partial charge is 0.334 e. The maximum atomic E-state index is 12.1. The van der Waals surface area contributed by atoms with Crippen molar-refractivity contribution in [2.24, 2.45) is 5.10 Å². The summed E-state index contributed by atoms with van der Waals surface area (Å²) in [6.07, 6.45) is 5.53. The number of hydrazone groups is 1. The van der Waals surface area contributed by atoms with Gasteiger partial charge in [-0.05, 0) is 43.9 Å². The SMILES string of the molecule is Nn1c(NN=C2CCCCC2)nnc1SCC(=O)Nc1cc(Cl)cc(Cl)c1. The number of carbonyl (C=O) groups excluding carboxylic acids is 1. The van der Waals surface area contributed by atoms with Crippen molar-refractivity contribution in [3.05, 3.63) is 28.2 Å². The van der Waals surface area contributed by atoms with E-state index in [0.717, 1.165) is 43.2 Å². The van der Waals surface area contributed by atoms with Gasteiger partial charge in [0.25, 0.3) is 5.95 Å². The Balaban J connectivity index is 1.53. The monoisotopic (exact) mass is 427 g/mol. The second-order valence-corrected chi connectivity index (χ2v) is 7.84. The number of aromatic nitrogens is 3. The molecule has 2 aromatic rings. The highest BCUT2D eigenvalue weighted by atomic mass is 35.5. The van der Waals surface area contributed by atoms with Gasteiger partial charge in [-0.3, -0.25) is 4.79 Å². The van der Waals surface area contributed by atoms with Crippen LogP contribution in [0.3, 0.4) is 0 Å². The molecule has 1 heterocycles. The minimum atomic E-state index is -0.238. The smallest absolute Gasteiger partial charge is 0.264 e. The Morgan fingerprint density at radius 3 is 2.59 bits per heavy atom. The third-order valence-corrected chi connectivity index (χ3v) is 5.27. The Hall–Kier alpha value is -1.97. The Morgan fingerprint density at radius 2 is 1.89 bits per heavy atom. The number of carbonyl (C=O) groups is 1. The fourth-order valence-electron chi connectivity index (χ4n) is 2.61. The van der Waals surface area contributed by atoms with E-state index >= 15 is 0 Å². The number of anilines is 2. The lowest BCUT2D eigenvalue weighted by atomic mass is 9.99. The molecule has 11 heteroatoms. The first kappa shape index (κ1) is 19.8. The molecule has 8 nitrogen and oxygen atoms in total. The van der Waals surface area contributed by atoms with Crippen molar-refractivity contribution in [2.75, 3.05) is 22.3 Å². The molecule has 3 rings (SSSR count). The average Bonchev–Trinajstić information content (AvgIpc) is 2.98. The van der Waals surface area contributed by atoms with Gasteiger partial charge in [-0.2, -0.15) is 5.10 Å². The predicted octanol–water partition coefficient (Wildman–Crippen LogP) is 3.76. The lowest BCUT2D eigenvalue weighted by Gasteiger charge is -2.12. The van der Waals surface area contributed by atoms with Gasteiger partial charge in [-0.1, -0.05) is 41.4 Å². The normalized spacial score (nSPS) is 14.1. The second kappa shape index (κ2) is 9.29. The van der Waals surface area contributed by atoms with E-state index in [9.17, 15) is 4.79 Å². The molecular weight excluding hydrogens is 409 g/mol. The summed E-state index contributed by atoms with van der Waals surface area (Å²) in [6, 6.07) is 4.83. The van der Waals surface area contributed by atoms with E-state index in [4.69, 9.17) is 29.0 Å². The standard InChI is InChI=1S/C16H19Cl2N7OS/c17-10-6-11(18)8-13(7-10)20-14(26)9-27-16-24-23-15(25(16)19)22-21-12-4-2-1-3-5-12/h6-8H,1-5,9,19H2,(H,20,26)(H,22,23). The number of hydrogen-bond donors (Lipinski definition) is 3. The number of halogens is 2. The molecule has 0 radical (unpaired) electrons. The van der Waals surface area contributed by atoms with E-state index in [0.29, 0.717) is 26.8 Å². The quantitative estimate of drug-likeness (QED) is 0.367. The van der Waals surface area contributed by atoms with Crippen LogP contribution in [0.2, 0.25) is 10.0 Å². The van der Waals surface area contributed by atoms with Crippen LogP contribution in [0.15, 0.2) is 28.5 Å². The van der Waals surface area contributed by atoms with Crippen molar-refractivity contribution in [3.8, 4) is 0 Å². The molecule has 0 bridgehead atoms. The van der Waals surface area contributed by atoms with Gasteiger partial charge in [-0.15, -0.1) is 10.2 Å². The summed E-state index contributed by atoms with van der Waals surface area (Å²) in [7, 11) is 0. The maximum Gasteiger partial charge on any atom is 0.264 e. The van der Waals surface area contributed by atoms with Crippen LogP contribution in [-0.4, -0.2) is 32.2 Å². The van der Waals surface area contributed by atoms with E-state index in [-0.39, 0.29) is 11.7 Å². The van der Waals surface area contributed by atoms with Crippen LogP contribution >= 0.6 is 35.0 Å². The summed E-state index contributed by atoms with van der Waals surface area (Å²) in [5.74, 6) is 6.17. The van der Waals surface area contributed by atoms with Crippen molar-refractivity contribution < 1.29 is 4.79 Å². The molecular formula is C16H19Cl2N7OS. The molecule has 0 spiro atoms. The van der Waals surface area contributed by atoms with E-state index in [1.165, 1.54) is 11.1 Å². The molecule has 1 fully saturated rings. The van der Waals surface area contributed by atoms with Crippen LogP contribution in [0.5, 0.6) is 0 Å². The van der Waals surface area contributed by atoms with Gasteiger partial charge in [0.1, 0.15) is 0 Å². The number of nitrogens with two attached hydrogens (primary N) is 1. The van der Waals surface area contributed by atoms with Crippen LogP contribution in [0, 0.1) is 0 Å². The number of rotatable bonds is 6. The molecule has 27 heavy (non-hydrogen) atoms. The van der Waals surface area contributed by atoms with Gasteiger partial charge in [0.2, 0.25) is 11.1 Å². The lowest BCUT2D eigenvalue weighted by Crippen LogP contribution is -2.17. The van der Waals surface area contributed by atoms with Gasteiger partial charge in [0, 0.05) is 21.4 Å². The van der Waals surface area contributed by atoms with Gasteiger partial charge < -0.3 is 11.2 Å². The minimum absolute atomic E-state index is 0.105. The third-order valence-electron chi connectivity index (χ3n) is 3.89. The summed E-state index contributed by atoms with van der Waals surface area (Å²) in [5, 5.41) is 16.3. The van der Waals surface area contributed by atoms with Gasteiger partial charge in [0.05, 0.1) is 5.75 Å². The number of benzene rings is 1. The number of nitrogen functional groups attached to an aromatic ring is 1. The first-order chi connectivity index (χ1) is 13.0. The molecule has 0 saturated heterocycles. The van der Waals surface area contributed by atoms with Crippen molar-refractivity contribution in [3.63, 3.8) is 0 Å². The van der Waals surface area contributed by atoms with E-state index in [2.05, 4.69) is 26.0 Å². The Bertz CT molecular complexity index is 827. The number of amides is 1. The molecule has 4 N–H and O–H groups in total. The first-order valence-electron chi connectivity index (χ1n) is 8.42. The fourth-order valence-corrected chi connectivity index (χ4v) is 3.79. The van der Waals surface area contributed by atoms with Crippen molar-refractivity contribution in [2.45, 2.75) is 37.3 Å². The molecule has 1 saturated carbocycles. The van der Waals surface area contributed by atoms with Crippen LogP contribution in [0.4, 0.5) is 11.6 Å². The number of nitrogens with zero attached hydrogens (tertiary/aromatic N) is 4. The maximum absolute atomic E-state index is 12.1. The van der Waals surface area contributed by atoms with Crippen molar-refractivity contribution in [1.29, 1.82) is 0 Å². The van der Waals surface area contributed by atoms with Gasteiger partial charge >= 0.3 is 0 Å². The zero-order valence-corrected chi connectivity index (χ0v) is 16.7. The summed E-state index contributed by atoms with van der Waals surface area (Å²) < 4.78 is 1.28. The summed E-state index contributed by atoms with van der Waals surface area (Å²) in [5.41, 5.74) is 4.49. The molecule has 1 aromatic carbocycles.